The second kappa shape index (κ2) is 5.35. The number of hydrogen-bond acceptors (Lipinski definition) is 2. The molecule has 0 radical (unpaired) electrons. The van der Waals surface area contributed by atoms with E-state index >= 15 is 0 Å². The summed E-state index contributed by atoms with van der Waals surface area (Å²) in [4.78, 5) is 0. The fraction of sp³-hybridized carbons (Fsp3) is 0.500. The zero-order chi connectivity index (χ0) is 13.2. The minimum absolute atomic E-state index is 1.02. The van der Waals surface area contributed by atoms with Crippen molar-refractivity contribution in [3.63, 3.8) is 0 Å². The first-order chi connectivity index (χ1) is 9.33. The number of nitrogens with zero attached hydrogens (tertiary/aromatic N) is 1. The Morgan fingerprint density at radius 1 is 1.26 bits per heavy atom. The van der Waals surface area contributed by atoms with E-state index in [1.807, 2.05) is 7.05 Å². The van der Waals surface area contributed by atoms with Gasteiger partial charge in [0.2, 0.25) is 0 Å². The number of aryl methyl sites for hydroxylation is 2. The third-order valence-electron chi connectivity index (χ3n) is 4.13. The van der Waals surface area contributed by atoms with Gasteiger partial charge >= 0.3 is 0 Å². The van der Waals surface area contributed by atoms with Crippen LogP contribution in [0.3, 0.4) is 0 Å². The van der Waals surface area contributed by atoms with Gasteiger partial charge in [0, 0.05) is 36.7 Å². The molecule has 3 nitrogen and oxygen atoms in total. The average Bonchev–Trinajstić information content (AvgIpc) is 3.01. The molecule has 2 N–H and O–H groups in total. The third kappa shape index (κ3) is 2.28. The summed E-state index contributed by atoms with van der Waals surface area (Å²) in [7, 11) is 2.02. The third-order valence-corrected chi connectivity index (χ3v) is 4.13. The zero-order valence-corrected chi connectivity index (χ0v) is 11.9. The van der Waals surface area contributed by atoms with Crippen molar-refractivity contribution < 1.29 is 0 Å². The quantitative estimate of drug-likeness (QED) is 0.805. The Morgan fingerprint density at radius 2 is 2.05 bits per heavy atom. The van der Waals surface area contributed by atoms with Crippen LogP contribution in [0.2, 0.25) is 0 Å². The van der Waals surface area contributed by atoms with Crippen molar-refractivity contribution in [2.45, 2.75) is 39.4 Å². The van der Waals surface area contributed by atoms with Gasteiger partial charge in [-0.1, -0.05) is 0 Å². The topological polar surface area (TPSA) is 29.0 Å². The van der Waals surface area contributed by atoms with Crippen LogP contribution in [0.1, 0.15) is 30.0 Å². The van der Waals surface area contributed by atoms with Crippen molar-refractivity contribution in [3.05, 3.63) is 35.0 Å². The van der Waals surface area contributed by atoms with Gasteiger partial charge < -0.3 is 15.2 Å². The summed E-state index contributed by atoms with van der Waals surface area (Å²) in [6.45, 7) is 6.41. The smallest absolute Gasteiger partial charge is 0.0486 e. The largest absolute Gasteiger partial charge is 0.347 e. The van der Waals surface area contributed by atoms with E-state index in [9.17, 15) is 0 Å². The predicted molar refractivity (Wildman–Crippen MR) is 80.4 cm³/mol. The summed E-state index contributed by atoms with van der Waals surface area (Å²) in [6, 6.07) is 4.79. The van der Waals surface area contributed by atoms with E-state index in [0.717, 1.165) is 32.6 Å². The van der Waals surface area contributed by atoms with Crippen molar-refractivity contribution in [2.75, 3.05) is 13.6 Å². The molecule has 0 saturated carbocycles. The van der Waals surface area contributed by atoms with Crippen LogP contribution in [0, 0.1) is 0 Å². The highest BCUT2D eigenvalue weighted by Crippen LogP contribution is 2.28. The molecule has 0 spiro atoms. The van der Waals surface area contributed by atoms with E-state index in [-0.39, 0.29) is 0 Å². The monoisotopic (exact) mass is 257 g/mol. The lowest BCUT2D eigenvalue weighted by atomic mass is 10.0. The van der Waals surface area contributed by atoms with E-state index in [1.54, 1.807) is 0 Å². The molecule has 19 heavy (non-hydrogen) atoms. The number of fused-ring (bicyclic) bond motifs is 2. The first-order valence-corrected chi connectivity index (χ1v) is 7.32. The molecular weight excluding hydrogens is 234 g/mol. The second-order valence-corrected chi connectivity index (χ2v) is 5.39. The van der Waals surface area contributed by atoms with Gasteiger partial charge in [0.05, 0.1) is 0 Å². The molecule has 0 amide bonds. The highest BCUT2D eigenvalue weighted by molar-refractivity contribution is 5.86. The molecule has 3 heteroatoms. The molecule has 1 aromatic heterocycles. The predicted octanol–water partition coefficient (Wildman–Crippen LogP) is 2.42. The Balaban J connectivity index is 2.02. The Labute approximate surface area is 115 Å². The SMILES string of the molecule is CCn1cc(CCCNC)c2cc3c(cc21)CNC3. The number of hydrogen-bond donors (Lipinski definition) is 2. The standard InChI is InChI=1S/C16H23N3/c1-3-19-11-12(5-4-6-17-2)15-7-13-9-18-10-14(13)8-16(15)19/h7-8,11,17-18H,3-6,9-10H2,1-2H3. The van der Waals surface area contributed by atoms with Crippen molar-refractivity contribution in [1.29, 1.82) is 0 Å². The molecule has 3 rings (SSSR count). The van der Waals surface area contributed by atoms with Gasteiger partial charge in [-0.3, -0.25) is 0 Å². The maximum absolute atomic E-state index is 3.44. The molecule has 2 heterocycles. The summed E-state index contributed by atoms with van der Waals surface area (Å²) < 4.78 is 2.39. The summed E-state index contributed by atoms with van der Waals surface area (Å²) in [5.74, 6) is 0. The molecule has 1 aromatic carbocycles. The van der Waals surface area contributed by atoms with Crippen LogP contribution in [0.4, 0.5) is 0 Å². The van der Waals surface area contributed by atoms with Gasteiger partial charge in [-0.05, 0) is 62.2 Å². The van der Waals surface area contributed by atoms with Crippen molar-refractivity contribution in [2.24, 2.45) is 0 Å². The van der Waals surface area contributed by atoms with Crippen LogP contribution < -0.4 is 10.6 Å². The molecule has 0 saturated heterocycles. The molecular formula is C16H23N3. The van der Waals surface area contributed by atoms with Gasteiger partial charge in [0.15, 0.2) is 0 Å². The number of benzene rings is 1. The molecule has 0 atom stereocenters. The highest BCUT2D eigenvalue weighted by atomic mass is 15.0. The van der Waals surface area contributed by atoms with Crippen molar-refractivity contribution in [1.82, 2.24) is 15.2 Å². The Kier molecular flexibility index (Phi) is 3.58. The van der Waals surface area contributed by atoms with Gasteiger partial charge in [-0.25, -0.2) is 0 Å². The van der Waals surface area contributed by atoms with Crippen LogP contribution in [-0.2, 0) is 26.1 Å². The van der Waals surface area contributed by atoms with Crippen LogP contribution in [0.15, 0.2) is 18.3 Å². The van der Waals surface area contributed by atoms with E-state index < -0.39 is 0 Å². The molecule has 0 fully saturated rings. The molecule has 1 aliphatic rings. The van der Waals surface area contributed by atoms with Gasteiger partial charge in [0.25, 0.3) is 0 Å². The lowest BCUT2D eigenvalue weighted by Crippen LogP contribution is -2.08. The zero-order valence-electron chi connectivity index (χ0n) is 11.9. The van der Waals surface area contributed by atoms with Gasteiger partial charge in [-0.15, -0.1) is 0 Å². The number of rotatable bonds is 5. The summed E-state index contributed by atoms with van der Waals surface area (Å²) in [5.41, 5.74) is 5.87. The lowest BCUT2D eigenvalue weighted by molar-refractivity contribution is 0.721. The maximum Gasteiger partial charge on any atom is 0.0486 e. The fourth-order valence-corrected chi connectivity index (χ4v) is 3.08. The summed E-state index contributed by atoms with van der Waals surface area (Å²) in [5, 5.41) is 8.13. The fourth-order valence-electron chi connectivity index (χ4n) is 3.08. The van der Waals surface area contributed by atoms with Crippen molar-refractivity contribution >= 4 is 10.9 Å². The number of aromatic nitrogens is 1. The van der Waals surface area contributed by atoms with E-state index in [0.29, 0.717) is 0 Å². The van der Waals surface area contributed by atoms with Crippen LogP contribution in [0.25, 0.3) is 10.9 Å². The normalized spacial score (nSPS) is 14.2. The van der Waals surface area contributed by atoms with Gasteiger partial charge in [0.1, 0.15) is 0 Å². The van der Waals surface area contributed by atoms with Crippen LogP contribution in [0.5, 0.6) is 0 Å². The first kappa shape index (κ1) is 12.7. The van der Waals surface area contributed by atoms with Gasteiger partial charge in [-0.2, -0.15) is 0 Å². The Bertz CT molecular complexity index is 583. The van der Waals surface area contributed by atoms with Crippen LogP contribution in [-0.4, -0.2) is 18.2 Å². The maximum atomic E-state index is 3.44. The molecule has 0 unspecified atom stereocenters. The van der Waals surface area contributed by atoms with Crippen LogP contribution >= 0.6 is 0 Å². The average molecular weight is 257 g/mol. The van der Waals surface area contributed by atoms with E-state index in [2.05, 4.69) is 40.5 Å². The van der Waals surface area contributed by atoms with E-state index in [4.69, 9.17) is 0 Å². The molecule has 2 aromatic rings. The highest BCUT2D eigenvalue weighted by Gasteiger charge is 2.15. The number of nitrogens with one attached hydrogen (secondary N) is 2. The summed E-state index contributed by atoms with van der Waals surface area (Å²) >= 11 is 0. The Morgan fingerprint density at radius 3 is 2.79 bits per heavy atom. The molecule has 1 aliphatic heterocycles. The lowest BCUT2D eigenvalue weighted by Gasteiger charge is -2.04. The first-order valence-electron chi connectivity index (χ1n) is 7.32. The second-order valence-electron chi connectivity index (χ2n) is 5.39. The molecule has 0 bridgehead atoms. The van der Waals surface area contributed by atoms with Crippen molar-refractivity contribution in [3.8, 4) is 0 Å². The summed E-state index contributed by atoms with van der Waals surface area (Å²) in [6.07, 6.45) is 4.72. The minimum Gasteiger partial charge on any atom is -0.347 e. The minimum atomic E-state index is 1.02. The molecule has 0 aliphatic carbocycles. The Hall–Kier alpha value is -1.32. The molecule has 102 valence electrons. The van der Waals surface area contributed by atoms with E-state index in [1.165, 1.54) is 34.0 Å².